The summed E-state index contributed by atoms with van der Waals surface area (Å²) in [6, 6.07) is 6.66. The van der Waals surface area contributed by atoms with Crippen LogP contribution in [0.3, 0.4) is 0 Å². The van der Waals surface area contributed by atoms with Crippen LogP contribution in [0.1, 0.15) is 29.9 Å². The van der Waals surface area contributed by atoms with Gasteiger partial charge in [0.1, 0.15) is 23.0 Å². The van der Waals surface area contributed by atoms with E-state index >= 15 is 0 Å². The minimum atomic E-state index is -0.885. The number of anilines is 1. The van der Waals surface area contributed by atoms with Gasteiger partial charge in [0.25, 0.3) is 5.91 Å². The average Bonchev–Trinajstić information content (AvgIpc) is 2.62. The van der Waals surface area contributed by atoms with Crippen molar-refractivity contribution in [1.29, 1.82) is 0 Å². The molecular weight excluding hydrogens is 354 g/mol. The van der Waals surface area contributed by atoms with Crippen molar-refractivity contribution in [2.45, 2.75) is 19.4 Å². The summed E-state index contributed by atoms with van der Waals surface area (Å²) in [5.74, 6) is -1.90. The second-order valence-corrected chi connectivity index (χ2v) is 6.31. The zero-order chi connectivity index (χ0) is 19.6. The van der Waals surface area contributed by atoms with E-state index < -0.39 is 23.1 Å². The molecule has 2 aromatic heterocycles. The van der Waals surface area contributed by atoms with Gasteiger partial charge in [-0.2, -0.15) is 0 Å². The lowest BCUT2D eigenvalue weighted by atomic mass is 9.99. The maximum Gasteiger partial charge on any atom is 0.251 e. The first-order valence-electron chi connectivity index (χ1n) is 7.96. The van der Waals surface area contributed by atoms with Gasteiger partial charge in [0.2, 0.25) is 5.95 Å². The van der Waals surface area contributed by atoms with Crippen LogP contribution in [0, 0.1) is 11.6 Å². The highest BCUT2D eigenvalue weighted by Crippen LogP contribution is 2.25. The van der Waals surface area contributed by atoms with Crippen molar-refractivity contribution in [2.24, 2.45) is 5.73 Å². The molecule has 1 aromatic carbocycles. The number of pyridine rings is 1. The van der Waals surface area contributed by atoms with E-state index in [0.717, 1.165) is 6.07 Å². The maximum atomic E-state index is 14.0. The first-order valence-corrected chi connectivity index (χ1v) is 7.96. The smallest absolute Gasteiger partial charge is 0.251 e. The molecular formula is C18H16F2N6O. The van der Waals surface area contributed by atoms with Crippen LogP contribution in [-0.2, 0) is 5.54 Å². The highest BCUT2D eigenvalue weighted by Gasteiger charge is 2.26. The lowest BCUT2D eigenvalue weighted by Crippen LogP contribution is -2.31. The molecule has 0 saturated heterocycles. The summed E-state index contributed by atoms with van der Waals surface area (Å²) in [5.41, 5.74) is 4.98. The zero-order valence-corrected chi connectivity index (χ0v) is 14.6. The molecule has 3 aromatic rings. The molecule has 0 aliphatic carbocycles. The molecule has 138 valence electrons. The lowest BCUT2D eigenvalue weighted by Gasteiger charge is -2.25. The van der Waals surface area contributed by atoms with Crippen LogP contribution in [0.15, 0.2) is 42.7 Å². The van der Waals surface area contributed by atoms with Crippen LogP contribution in [0.4, 0.5) is 14.7 Å². The molecule has 3 rings (SSSR count). The Bertz CT molecular complexity index is 991. The van der Waals surface area contributed by atoms with E-state index in [2.05, 4.69) is 25.5 Å². The normalized spacial score (nSPS) is 11.3. The number of primary amides is 1. The number of aromatic nitrogens is 4. The molecule has 0 spiro atoms. The third-order valence-corrected chi connectivity index (χ3v) is 3.86. The quantitative estimate of drug-likeness (QED) is 0.715. The van der Waals surface area contributed by atoms with Crippen molar-refractivity contribution in [1.82, 2.24) is 20.2 Å². The van der Waals surface area contributed by atoms with Crippen molar-refractivity contribution < 1.29 is 13.6 Å². The minimum absolute atomic E-state index is 0.158. The third kappa shape index (κ3) is 3.86. The van der Waals surface area contributed by atoms with Gasteiger partial charge in [-0.1, -0.05) is 0 Å². The second kappa shape index (κ2) is 7.02. The SMILES string of the molecule is CC(C)(Nc1ncc(-c2ccc(F)c(C(N)=O)c2)nn1)c1ncccc1F. The van der Waals surface area contributed by atoms with Gasteiger partial charge in [0.15, 0.2) is 0 Å². The molecule has 0 fully saturated rings. The molecule has 0 atom stereocenters. The Balaban J connectivity index is 1.85. The Morgan fingerprint density at radius 1 is 1.11 bits per heavy atom. The van der Waals surface area contributed by atoms with Crippen molar-refractivity contribution >= 4 is 11.9 Å². The van der Waals surface area contributed by atoms with Gasteiger partial charge in [0, 0.05) is 11.8 Å². The Morgan fingerprint density at radius 3 is 2.52 bits per heavy atom. The van der Waals surface area contributed by atoms with Crippen LogP contribution >= 0.6 is 0 Å². The fourth-order valence-electron chi connectivity index (χ4n) is 2.52. The highest BCUT2D eigenvalue weighted by atomic mass is 19.1. The topological polar surface area (TPSA) is 107 Å². The zero-order valence-electron chi connectivity index (χ0n) is 14.6. The van der Waals surface area contributed by atoms with E-state index in [1.54, 1.807) is 13.8 Å². The fraction of sp³-hybridized carbons (Fsp3) is 0.167. The molecule has 1 amide bonds. The van der Waals surface area contributed by atoms with E-state index in [1.165, 1.54) is 36.7 Å². The van der Waals surface area contributed by atoms with Crippen LogP contribution < -0.4 is 11.1 Å². The van der Waals surface area contributed by atoms with E-state index in [9.17, 15) is 13.6 Å². The molecule has 0 unspecified atom stereocenters. The minimum Gasteiger partial charge on any atom is -0.366 e. The number of nitrogens with one attached hydrogen (secondary N) is 1. The molecule has 0 radical (unpaired) electrons. The summed E-state index contributed by atoms with van der Waals surface area (Å²) in [6.45, 7) is 3.46. The molecule has 7 nitrogen and oxygen atoms in total. The fourth-order valence-corrected chi connectivity index (χ4v) is 2.52. The Morgan fingerprint density at radius 2 is 1.89 bits per heavy atom. The van der Waals surface area contributed by atoms with Gasteiger partial charge in [-0.3, -0.25) is 9.78 Å². The van der Waals surface area contributed by atoms with Gasteiger partial charge in [-0.05, 0) is 44.2 Å². The lowest BCUT2D eigenvalue weighted by molar-refractivity contribution is 0.0996. The number of amides is 1. The van der Waals surface area contributed by atoms with Crippen molar-refractivity contribution in [3.8, 4) is 11.3 Å². The summed E-state index contributed by atoms with van der Waals surface area (Å²) in [6.07, 6.45) is 2.90. The van der Waals surface area contributed by atoms with Gasteiger partial charge in [-0.15, -0.1) is 10.2 Å². The first-order chi connectivity index (χ1) is 12.8. The van der Waals surface area contributed by atoms with Crippen molar-refractivity contribution in [3.05, 3.63) is 65.6 Å². The molecule has 0 aliphatic rings. The molecule has 0 aliphatic heterocycles. The number of nitrogens with two attached hydrogens (primary N) is 1. The van der Waals surface area contributed by atoms with Gasteiger partial charge in [0.05, 0.1) is 17.3 Å². The molecule has 0 bridgehead atoms. The van der Waals surface area contributed by atoms with E-state index in [1.807, 2.05) is 0 Å². The molecule has 3 N–H and O–H groups in total. The van der Waals surface area contributed by atoms with Crippen molar-refractivity contribution in [2.75, 3.05) is 5.32 Å². The standard InChI is InChI=1S/C18H16F2N6O/c1-18(2,15-13(20)4-3-7-22-15)24-17-23-9-14(25-26-17)10-5-6-12(19)11(8-10)16(21)27/h3-9H,1-2H3,(H2,21,27)(H,23,24,26). The molecule has 9 heteroatoms. The van der Waals surface area contributed by atoms with E-state index in [4.69, 9.17) is 5.73 Å². The summed E-state index contributed by atoms with van der Waals surface area (Å²) < 4.78 is 27.6. The summed E-state index contributed by atoms with van der Waals surface area (Å²) in [4.78, 5) is 19.5. The Hall–Kier alpha value is -3.49. The number of hydrogen-bond acceptors (Lipinski definition) is 6. The summed E-state index contributed by atoms with van der Waals surface area (Å²) >= 11 is 0. The van der Waals surface area contributed by atoms with Crippen molar-refractivity contribution in [3.63, 3.8) is 0 Å². The average molecular weight is 370 g/mol. The van der Waals surface area contributed by atoms with Crippen LogP contribution in [0.2, 0.25) is 0 Å². The Labute approximate surface area is 153 Å². The summed E-state index contributed by atoms with van der Waals surface area (Å²) in [5, 5.41) is 10.9. The number of hydrogen-bond donors (Lipinski definition) is 2. The van der Waals surface area contributed by atoms with E-state index in [-0.39, 0.29) is 17.2 Å². The number of halogens is 2. The predicted molar refractivity (Wildman–Crippen MR) is 94.6 cm³/mol. The number of nitrogens with zero attached hydrogens (tertiary/aromatic N) is 4. The third-order valence-electron chi connectivity index (χ3n) is 3.86. The molecule has 2 heterocycles. The van der Waals surface area contributed by atoms with Gasteiger partial charge in [-0.25, -0.2) is 13.8 Å². The van der Waals surface area contributed by atoms with Gasteiger partial charge < -0.3 is 11.1 Å². The Kier molecular flexibility index (Phi) is 4.76. The van der Waals surface area contributed by atoms with E-state index in [0.29, 0.717) is 11.3 Å². The van der Waals surface area contributed by atoms with Crippen LogP contribution in [0.25, 0.3) is 11.3 Å². The highest BCUT2D eigenvalue weighted by molar-refractivity contribution is 5.94. The first kappa shape index (κ1) is 18.3. The number of benzene rings is 1. The molecule has 0 saturated carbocycles. The number of carbonyl (C=O) groups excluding carboxylic acids is 1. The molecule has 27 heavy (non-hydrogen) atoms. The maximum absolute atomic E-state index is 14.0. The van der Waals surface area contributed by atoms with Crippen LogP contribution in [-0.4, -0.2) is 26.1 Å². The predicted octanol–water partition coefficient (Wildman–Crippen LogP) is 2.66. The van der Waals surface area contributed by atoms with Crippen LogP contribution in [0.5, 0.6) is 0 Å². The number of rotatable bonds is 5. The monoisotopic (exact) mass is 370 g/mol. The van der Waals surface area contributed by atoms with Gasteiger partial charge >= 0.3 is 0 Å². The number of carbonyl (C=O) groups is 1. The second-order valence-electron chi connectivity index (χ2n) is 6.31. The largest absolute Gasteiger partial charge is 0.366 e. The summed E-state index contributed by atoms with van der Waals surface area (Å²) in [7, 11) is 0.